The number of aryl methyl sites for hydroxylation is 2. The van der Waals surface area contributed by atoms with Gasteiger partial charge < -0.3 is 4.90 Å². The molecule has 136 valence electrons. The number of rotatable bonds is 3. The van der Waals surface area contributed by atoms with Crippen LogP contribution in [-0.2, 0) is 6.42 Å². The maximum absolute atomic E-state index is 4.48. The van der Waals surface area contributed by atoms with Crippen LogP contribution in [0.5, 0.6) is 0 Å². The van der Waals surface area contributed by atoms with Crippen molar-refractivity contribution in [2.45, 2.75) is 63.6 Å². The molecule has 0 radical (unpaired) electrons. The molecule has 0 saturated carbocycles. The number of fused-ring (bicyclic) bond motifs is 6. The first-order chi connectivity index (χ1) is 12.6. The second-order valence-electron chi connectivity index (χ2n) is 8.61. The molecule has 5 rings (SSSR count). The van der Waals surface area contributed by atoms with Crippen molar-refractivity contribution in [3.05, 3.63) is 58.9 Å². The van der Waals surface area contributed by atoms with Crippen molar-refractivity contribution in [2.24, 2.45) is 0 Å². The smallest absolute Gasteiger partial charge is 0.0515 e. The highest BCUT2D eigenvalue weighted by Gasteiger charge is 2.52. The maximum atomic E-state index is 4.48. The topological polar surface area (TPSA) is 19.4 Å². The Morgan fingerprint density at radius 3 is 2.81 bits per heavy atom. The van der Waals surface area contributed by atoms with Gasteiger partial charge in [-0.1, -0.05) is 23.8 Å². The first-order valence-electron chi connectivity index (χ1n) is 10.1. The lowest BCUT2D eigenvalue weighted by molar-refractivity contribution is 0.141. The molecule has 1 aromatic carbocycles. The molecule has 3 nitrogen and oxygen atoms in total. The minimum atomic E-state index is 0.647. The predicted molar refractivity (Wildman–Crippen MR) is 107 cm³/mol. The maximum Gasteiger partial charge on any atom is 0.0515 e. The zero-order valence-corrected chi connectivity index (χ0v) is 16.2. The van der Waals surface area contributed by atoms with Gasteiger partial charge >= 0.3 is 0 Å². The lowest BCUT2D eigenvalue weighted by atomic mass is 9.83. The molecule has 0 spiro atoms. The third-order valence-electron chi connectivity index (χ3n) is 7.09. The first-order valence-corrected chi connectivity index (χ1v) is 10.1. The van der Waals surface area contributed by atoms with E-state index in [0.717, 1.165) is 30.6 Å². The van der Waals surface area contributed by atoms with E-state index in [2.05, 4.69) is 72.2 Å². The van der Waals surface area contributed by atoms with Crippen LogP contribution < -0.4 is 4.90 Å². The number of hydrogen-bond donors (Lipinski definition) is 0. The zero-order chi connectivity index (χ0) is 17.8. The number of aromatic nitrogens is 1. The molecule has 4 atom stereocenters. The fourth-order valence-corrected chi connectivity index (χ4v) is 5.73. The molecule has 2 aromatic rings. The lowest BCUT2D eigenvalue weighted by Gasteiger charge is -2.44. The highest BCUT2D eigenvalue weighted by molar-refractivity contribution is 5.64. The summed E-state index contributed by atoms with van der Waals surface area (Å²) in [6.07, 6.45) is 7.20. The highest BCUT2D eigenvalue weighted by atomic mass is 15.3. The van der Waals surface area contributed by atoms with Crippen LogP contribution in [0.15, 0.2) is 36.5 Å². The molecule has 2 saturated heterocycles. The summed E-state index contributed by atoms with van der Waals surface area (Å²) >= 11 is 0. The zero-order valence-electron chi connectivity index (χ0n) is 16.2. The van der Waals surface area contributed by atoms with Crippen LogP contribution in [0.3, 0.4) is 0 Å². The molecule has 0 N–H and O–H groups in total. The van der Waals surface area contributed by atoms with E-state index in [1.54, 1.807) is 5.56 Å². The number of benzene rings is 1. The second kappa shape index (κ2) is 6.09. The normalized spacial score (nSPS) is 29.7. The summed E-state index contributed by atoms with van der Waals surface area (Å²) in [5.74, 6) is 0.717. The molecular formula is C23H29N3. The molecule has 2 fully saturated rings. The van der Waals surface area contributed by atoms with Gasteiger partial charge in [-0.25, -0.2) is 0 Å². The molecule has 3 aliphatic rings. The van der Waals surface area contributed by atoms with E-state index in [1.165, 1.54) is 36.1 Å². The largest absolute Gasteiger partial charge is 0.366 e. The van der Waals surface area contributed by atoms with Gasteiger partial charge in [0.05, 0.1) is 6.04 Å². The summed E-state index contributed by atoms with van der Waals surface area (Å²) in [4.78, 5) is 9.90. The Kier molecular flexibility index (Phi) is 3.82. The summed E-state index contributed by atoms with van der Waals surface area (Å²) < 4.78 is 0. The summed E-state index contributed by atoms with van der Waals surface area (Å²) in [6, 6.07) is 13.7. The number of pyridine rings is 1. The van der Waals surface area contributed by atoms with Gasteiger partial charge in [0.2, 0.25) is 0 Å². The molecular weight excluding hydrogens is 318 g/mol. The Morgan fingerprint density at radius 2 is 2.00 bits per heavy atom. The number of nitrogens with zero attached hydrogens (tertiary/aromatic N) is 3. The number of anilines is 1. The Hall–Kier alpha value is -1.87. The van der Waals surface area contributed by atoms with Crippen LogP contribution in [0.25, 0.3) is 0 Å². The average Bonchev–Trinajstić information content (AvgIpc) is 3.05. The highest BCUT2D eigenvalue weighted by Crippen LogP contribution is 2.52. The Bertz CT molecular complexity index is 813. The quantitative estimate of drug-likeness (QED) is 0.834. The lowest BCUT2D eigenvalue weighted by Crippen LogP contribution is -2.54. The monoisotopic (exact) mass is 347 g/mol. The minimum Gasteiger partial charge on any atom is -0.366 e. The van der Waals surface area contributed by atoms with Gasteiger partial charge in [0.25, 0.3) is 0 Å². The fraction of sp³-hybridized carbons (Fsp3) is 0.522. The first kappa shape index (κ1) is 16.3. The summed E-state index contributed by atoms with van der Waals surface area (Å²) in [7, 11) is 2.36. The molecule has 26 heavy (non-hydrogen) atoms. The van der Waals surface area contributed by atoms with Crippen molar-refractivity contribution in [3.63, 3.8) is 0 Å². The van der Waals surface area contributed by atoms with Gasteiger partial charge in [0.15, 0.2) is 0 Å². The van der Waals surface area contributed by atoms with E-state index in [9.17, 15) is 0 Å². The number of hydrogen-bond acceptors (Lipinski definition) is 3. The van der Waals surface area contributed by atoms with Gasteiger partial charge in [0.1, 0.15) is 0 Å². The summed E-state index contributed by atoms with van der Waals surface area (Å²) in [5, 5.41) is 0. The Balaban J connectivity index is 1.47. The van der Waals surface area contributed by atoms with Crippen LogP contribution in [0.2, 0.25) is 0 Å². The van der Waals surface area contributed by atoms with E-state index in [-0.39, 0.29) is 0 Å². The van der Waals surface area contributed by atoms with Crippen molar-refractivity contribution in [3.8, 4) is 0 Å². The van der Waals surface area contributed by atoms with Crippen LogP contribution in [0.1, 0.15) is 47.6 Å². The van der Waals surface area contributed by atoms with E-state index < -0.39 is 0 Å². The third kappa shape index (κ3) is 2.48. The molecule has 4 heterocycles. The van der Waals surface area contributed by atoms with Gasteiger partial charge in [-0.15, -0.1) is 0 Å². The minimum absolute atomic E-state index is 0.647. The van der Waals surface area contributed by atoms with E-state index in [4.69, 9.17) is 0 Å². The van der Waals surface area contributed by atoms with Crippen LogP contribution >= 0.6 is 0 Å². The van der Waals surface area contributed by atoms with Crippen LogP contribution in [0.4, 0.5) is 5.69 Å². The average molecular weight is 348 g/mol. The van der Waals surface area contributed by atoms with Crippen molar-refractivity contribution in [1.82, 2.24) is 9.88 Å². The van der Waals surface area contributed by atoms with Gasteiger partial charge in [0, 0.05) is 42.1 Å². The van der Waals surface area contributed by atoms with E-state index >= 15 is 0 Å². The number of likely N-dealkylation sites (N-methyl/N-ethyl adjacent to an activating group) is 1. The Labute approximate surface area is 157 Å². The predicted octanol–water partition coefficient (Wildman–Crippen LogP) is 4.08. The fourth-order valence-electron chi connectivity index (χ4n) is 5.73. The Morgan fingerprint density at radius 1 is 1.12 bits per heavy atom. The summed E-state index contributed by atoms with van der Waals surface area (Å²) in [5.41, 5.74) is 6.95. The van der Waals surface area contributed by atoms with E-state index in [0.29, 0.717) is 12.1 Å². The molecule has 2 bridgehead atoms. The van der Waals surface area contributed by atoms with Gasteiger partial charge in [-0.05, 0) is 69.8 Å². The molecule has 3 heteroatoms. The molecule has 1 aromatic heterocycles. The van der Waals surface area contributed by atoms with Crippen LogP contribution in [-0.4, -0.2) is 41.6 Å². The van der Waals surface area contributed by atoms with Crippen molar-refractivity contribution < 1.29 is 0 Å². The van der Waals surface area contributed by atoms with Crippen molar-refractivity contribution in [2.75, 3.05) is 18.5 Å². The molecule has 3 aliphatic heterocycles. The SMILES string of the molecule is Cc1ccc2c(c1)[C@H]1C[C@H]3CC[C@@H]([C@H]1N2CCc1ccc(C)nc1)N3C. The molecule has 0 unspecified atom stereocenters. The standard InChI is InChI=1S/C23H29N3/c1-15-4-8-21-19(12-15)20-13-18-7-9-22(25(18)3)23(20)26(21)11-10-17-6-5-16(2)24-14-17/h4-6,8,12,14,18,20,22-23H,7,9-11,13H2,1-3H3/t18-,20-,22+,23+/m1/s1. The number of piperidine rings is 1. The second-order valence-corrected chi connectivity index (χ2v) is 8.61. The molecule has 0 amide bonds. The van der Waals surface area contributed by atoms with Crippen molar-refractivity contribution >= 4 is 5.69 Å². The summed E-state index contributed by atoms with van der Waals surface area (Å²) in [6.45, 7) is 5.39. The molecule has 0 aliphatic carbocycles. The van der Waals surface area contributed by atoms with Gasteiger partial charge in [-0.3, -0.25) is 9.88 Å². The van der Waals surface area contributed by atoms with Gasteiger partial charge in [-0.2, -0.15) is 0 Å². The van der Waals surface area contributed by atoms with Crippen molar-refractivity contribution in [1.29, 1.82) is 0 Å². The van der Waals surface area contributed by atoms with Crippen LogP contribution in [0, 0.1) is 13.8 Å². The third-order valence-corrected chi connectivity index (χ3v) is 7.09. The van der Waals surface area contributed by atoms with E-state index in [1.807, 2.05) is 0 Å².